The lowest BCUT2D eigenvalue weighted by atomic mass is 9.95. The zero-order valence-corrected chi connectivity index (χ0v) is 12.7. The first kappa shape index (κ1) is 14.5. The van der Waals surface area contributed by atoms with Crippen LogP contribution in [0.2, 0.25) is 0 Å². The van der Waals surface area contributed by atoms with E-state index in [0.717, 1.165) is 12.0 Å². The molecule has 1 unspecified atom stereocenters. The molecular formula is C17H19N3O2. The Morgan fingerprint density at radius 2 is 1.95 bits per heavy atom. The summed E-state index contributed by atoms with van der Waals surface area (Å²) in [6, 6.07) is 11.4. The molecule has 1 amide bonds. The molecule has 3 rings (SSSR count). The molecule has 1 atom stereocenters. The second-order valence-electron chi connectivity index (χ2n) is 6.04. The topological polar surface area (TPSA) is 64.0 Å². The van der Waals surface area contributed by atoms with Crippen LogP contribution in [0.1, 0.15) is 31.5 Å². The quantitative estimate of drug-likeness (QED) is 0.881. The van der Waals surface area contributed by atoms with Crippen LogP contribution in [-0.4, -0.2) is 21.6 Å². The molecule has 0 spiro atoms. The summed E-state index contributed by atoms with van der Waals surface area (Å²) in [4.78, 5) is 24.7. The number of carbonyl (C=O) groups excluding carboxylic acids is 2. The van der Waals surface area contributed by atoms with Gasteiger partial charge in [0.25, 0.3) is 5.91 Å². The molecule has 5 heteroatoms. The summed E-state index contributed by atoms with van der Waals surface area (Å²) in [7, 11) is 0. The molecule has 0 saturated carbocycles. The van der Waals surface area contributed by atoms with Crippen molar-refractivity contribution in [2.45, 2.75) is 26.7 Å². The van der Waals surface area contributed by atoms with E-state index in [0.29, 0.717) is 23.9 Å². The fourth-order valence-electron chi connectivity index (χ4n) is 2.62. The predicted molar refractivity (Wildman–Crippen MR) is 84.5 cm³/mol. The van der Waals surface area contributed by atoms with Crippen molar-refractivity contribution < 1.29 is 9.59 Å². The molecule has 5 nitrogen and oxygen atoms in total. The first-order valence-electron chi connectivity index (χ1n) is 7.57. The fraction of sp³-hybridized carbons (Fsp3) is 0.353. The van der Waals surface area contributed by atoms with Gasteiger partial charge in [-0.05, 0) is 18.8 Å². The van der Waals surface area contributed by atoms with Gasteiger partial charge in [-0.2, -0.15) is 9.78 Å². The van der Waals surface area contributed by atoms with Crippen molar-refractivity contribution in [3.05, 3.63) is 36.4 Å². The minimum atomic E-state index is -0.640. The summed E-state index contributed by atoms with van der Waals surface area (Å²) in [5.41, 5.74) is 1.61. The molecule has 114 valence electrons. The Balaban J connectivity index is 1.89. The van der Waals surface area contributed by atoms with E-state index in [1.807, 2.05) is 30.3 Å². The minimum Gasteiger partial charge on any atom is -0.310 e. The molecule has 1 aromatic heterocycles. The summed E-state index contributed by atoms with van der Waals surface area (Å²) in [5, 5.41) is 7.16. The van der Waals surface area contributed by atoms with Crippen molar-refractivity contribution in [1.82, 2.24) is 9.78 Å². The van der Waals surface area contributed by atoms with E-state index in [1.54, 1.807) is 6.07 Å². The molecule has 0 radical (unpaired) electrons. The molecule has 0 saturated heterocycles. The zero-order chi connectivity index (χ0) is 15.7. The third-order valence-electron chi connectivity index (χ3n) is 3.89. The summed E-state index contributed by atoms with van der Waals surface area (Å²) in [5.74, 6) is -0.188. The Kier molecular flexibility index (Phi) is 3.79. The SMILES string of the molecule is CC(C)CCC1C(=O)Nc2cc(-c3ccccc3)nn2C1=O. The molecule has 22 heavy (non-hydrogen) atoms. The molecule has 2 aromatic rings. The molecule has 1 aromatic carbocycles. The van der Waals surface area contributed by atoms with Crippen molar-refractivity contribution in [3.8, 4) is 11.3 Å². The summed E-state index contributed by atoms with van der Waals surface area (Å²) < 4.78 is 1.33. The van der Waals surface area contributed by atoms with Gasteiger partial charge in [-0.15, -0.1) is 0 Å². The van der Waals surface area contributed by atoms with Crippen molar-refractivity contribution in [1.29, 1.82) is 0 Å². The minimum absolute atomic E-state index is 0.224. The number of benzene rings is 1. The molecule has 1 aliphatic rings. The highest BCUT2D eigenvalue weighted by Crippen LogP contribution is 2.27. The number of aromatic nitrogens is 2. The van der Waals surface area contributed by atoms with Gasteiger partial charge >= 0.3 is 0 Å². The van der Waals surface area contributed by atoms with Gasteiger partial charge in [-0.25, -0.2) is 0 Å². The lowest BCUT2D eigenvalue weighted by molar-refractivity contribution is -0.119. The fourth-order valence-corrected chi connectivity index (χ4v) is 2.62. The van der Waals surface area contributed by atoms with Crippen LogP contribution in [0.4, 0.5) is 5.82 Å². The third kappa shape index (κ3) is 2.66. The lowest BCUT2D eigenvalue weighted by Gasteiger charge is -2.22. The van der Waals surface area contributed by atoms with Crippen molar-refractivity contribution >= 4 is 17.6 Å². The predicted octanol–water partition coefficient (Wildman–Crippen LogP) is 3.19. The highest BCUT2D eigenvalue weighted by atomic mass is 16.2. The van der Waals surface area contributed by atoms with Gasteiger partial charge in [-0.1, -0.05) is 44.2 Å². The van der Waals surface area contributed by atoms with Crippen molar-refractivity contribution in [2.75, 3.05) is 5.32 Å². The molecule has 1 aliphatic heterocycles. The number of anilines is 1. The molecular weight excluding hydrogens is 278 g/mol. The van der Waals surface area contributed by atoms with E-state index < -0.39 is 5.92 Å². The Bertz CT molecular complexity index is 704. The number of nitrogens with zero attached hydrogens (tertiary/aromatic N) is 2. The normalized spacial score (nSPS) is 17.5. The highest BCUT2D eigenvalue weighted by molar-refractivity contribution is 6.11. The summed E-state index contributed by atoms with van der Waals surface area (Å²) in [6.45, 7) is 4.16. The number of fused-ring (bicyclic) bond motifs is 1. The third-order valence-corrected chi connectivity index (χ3v) is 3.89. The Morgan fingerprint density at radius 3 is 2.64 bits per heavy atom. The van der Waals surface area contributed by atoms with Crippen LogP contribution < -0.4 is 5.32 Å². The summed E-state index contributed by atoms with van der Waals surface area (Å²) >= 11 is 0. The van der Waals surface area contributed by atoms with Crippen LogP contribution in [0.5, 0.6) is 0 Å². The highest BCUT2D eigenvalue weighted by Gasteiger charge is 2.35. The second kappa shape index (κ2) is 5.75. The van der Waals surface area contributed by atoms with E-state index in [-0.39, 0.29) is 11.8 Å². The molecule has 2 heterocycles. The van der Waals surface area contributed by atoms with E-state index in [9.17, 15) is 9.59 Å². The van der Waals surface area contributed by atoms with Crippen LogP contribution in [0.25, 0.3) is 11.3 Å². The van der Waals surface area contributed by atoms with E-state index >= 15 is 0 Å². The maximum Gasteiger partial charge on any atom is 0.261 e. The van der Waals surface area contributed by atoms with Crippen molar-refractivity contribution in [3.63, 3.8) is 0 Å². The van der Waals surface area contributed by atoms with Crippen LogP contribution in [0.15, 0.2) is 36.4 Å². The van der Waals surface area contributed by atoms with Gasteiger partial charge in [-0.3, -0.25) is 9.59 Å². The lowest BCUT2D eigenvalue weighted by Crippen LogP contribution is -2.39. The monoisotopic (exact) mass is 297 g/mol. The van der Waals surface area contributed by atoms with Crippen molar-refractivity contribution in [2.24, 2.45) is 11.8 Å². The smallest absolute Gasteiger partial charge is 0.261 e. The number of carbonyl (C=O) groups is 2. The Morgan fingerprint density at radius 1 is 1.23 bits per heavy atom. The van der Waals surface area contributed by atoms with Gasteiger partial charge in [0.05, 0.1) is 5.69 Å². The summed E-state index contributed by atoms with van der Waals surface area (Å²) in [6.07, 6.45) is 1.40. The van der Waals surface area contributed by atoms with E-state index in [4.69, 9.17) is 0 Å². The molecule has 0 bridgehead atoms. The van der Waals surface area contributed by atoms with E-state index in [2.05, 4.69) is 24.3 Å². The second-order valence-corrected chi connectivity index (χ2v) is 6.04. The van der Waals surface area contributed by atoms with Gasteiger partial charge in [0.2, 0.25) is 5.91 Å². The largest absolute Gasteiger partial charge is 0.310 e. The average Bonchev–Trinajstić information content (AvgIpc) is 2.92. The zero-order valence-electron chi connectivity index (χ0n) is 12.7. The Labute approximate surface area is 129 Å². The standard InChI is InChI=1S/C17H19N3O2/c1-11(2)8-9-13-16(21)18-15-10-14(19-20(15)17(13)22)12-6-4-3-5-7-12/h3-7,10-11,13H,8-9H2,1-2H3,(H,18,21). The van der Waals surface area contributed by atoms with Gasteiger partial charge < -0.3 is 5.32 Å². The maximum atomic E-state index is 12.5. The molecule has 1 N–H and O–H groups in total. The van der Waals surface area contributed by atoms with Crippen LogP contribution in [0.3, 0.4) is 0 Å². The maximum absolute atomic E-state index is 12.5. The molecule has 0 aliphatic carbocycles. The van der Waals surface area contributed by atoms with Crippen LogP contribution >= 0.6 is 0 Å². The van der Waals surface area contributed by atoms with Gasteiger partial charge in [0.15, 0.2) is 0 Å². The number of rotatable bonds is 4. The molecule has 0 fully saturated rings. The van der Waals surface area contributed by atoms with Gasteiger partial charge in [0, 0.05) is 11.6 Å². The number of hydrogen-bond donors (Lipinski definition) is 1. The average molecular weight is 297 g/mol. The first-order valence-corrected chi connectivity index (χ1v) is 7.57. The number of amides is 1. The van der Waals surface area contributed by atoms with Crippen LogP contribution in [0, 0.1) is 11.8 Å². The van der Waals surface area contributed by atoms with E-state index in [1.165, 1.54) is 4.68 Å². The number of hydrogen-bond acceptors (Lipinski definition) is 3. The van der Waals surface area contributed by atoms with Gasteiger partial charge in [0.1, 0.15) is 11.7 Å². The van der Waals surface area contributed by atoms with Crippen LogP contribution in [-0.2, 0) is 4.79 Å². The Hall–Kier alpha value is -2.43. The first-order chi connectivity index (χ1) is 10.6. The number of nitrogens with one attached hydrogen (secondary N) is 1.